The molecular formula is C14H10BrNO2S. The predicted molar refractivity (Wildman–Crippen MR) is 80.4 cm³/mol. The molecular weight excluding hydrogens is 326 g/mol. The predicted octanol–water partition coefficient (Wildman–Crippen LogP) is 4.86. The van der Waals surface area contributed by atoms with Gasteiger partial charge in [-0.05, 0) is 46.3 Å². The van der Waals surface area contributed by atoms with Gasteiger partial charge in [-0.25, -0.2) is 0 Å². The molecule has 3 rings (SSSR count). The standard InChI is InChI=1S/C14H10BrNO2S/c1-17-9-6-7-13(11(15)8-9)18-14-10-4-2-3-5-12(10)16-19-14/h2-8H,1H3. The normalized spacial score (nSPS) is 10.6. The molecule has 0 fully saturated rings. The van der Waals surface area contributed by atoms with Gasteiger partial charge in [-0.1, -0.05) is 12.1 Å². The number of rotatable bonds is 3. The average Bonchev–Trinajstić information content (AvgIpc) is 2.84. The zero-order valence-electron chi connectivity index (χ0n) is 10.1. The molecule has 1 heterocycles. The van der Waals surface area contributed by atoms with Gasteiger partial charge < -0.3 is 9.47 Å². The van der Waals surface area contributed by atoms with Crippen LogP contribution in [-0.2, 0) is 0 Å². The highest BCUT2D eigenvalue weighted by Gasteiger charge is 2.10. The number of fused-ring (bicyclic) bond motifs is 1. The fourth-order valence-electron chi connectivity index (χ4n) is 1.73. The lowest BCUT2D eigenvalue weighted by Crippen LogP contribution is -1.86. The Balaban J connectivity index is 1.97. The van der Waals surface area contributed by atoms with Crippen molar-refractivity contribution >= 4 is 38.4 Å². The molecule has 0 unspecified atom stereocenters. The maximum atomic E-state index is 5.92. The quantitative estimate of drug-likeness (QED) is 0.684. The molecule has 2 aromatic carbocycles. The molecule has 0 saturated carbocycles. The number of aromatic nitrogens is 1. The zero-order chi connectivity index (χ0) is 13.2. The summed E-state index contributed by atoms with van der Waals surface area (Å²) in [6, 6.07) is 13.5. The van der Waals surface area contributed by atoms with Gasteiger partial charge in [0.2, 0.25) is 5.06 Å². The SMILES string of the molecule is COc1ccc(Oc2snc3ccccc23)c(Br)c1. The summed E-state index contributed by atoms with van der Waals surface area (Å²) in [5.74, 6) is 1.53. The van der Waals surface area contributed by atoms with E-state index in [1.807, 2.05) is 42.5 Å². The van der Waals surface area contributed by atoms with E-state index < -0.39 is 0 Å². The Bertz CT molecular complexity index is 726. The molecule has 0 bridgehead atoms. The lowest BCUT2D eigenvalue weighted by molar-refractivity contribution is 0.412. The van der Waals surface area contributed by atoms with Gasteiger partial charge in [0.25, 0.3) is 0 Å². The van der Waals surface area contributed by atoms with Crippen LogP contribution in [0.3, 0.4) is 0 Å². The van der Waals surface area contributed by atoms with Crippen molar-refractivity contribution in [3.8, 4) is 16.6 Å². The summed E-state index contributed by atoms with van der Waals surface area (Å²) in [5, 5.41) is 1.82. The minimum absolute atomic E-state index is 0.746. The fraction of sp³-hybridized carbons (Fsp3) is 0.0714. The van der Waals surface area contributed by atoms with E-state index in [0.29, 0.717) is 0 Å². The summed E-state index contributed by atoms with van der Waals surface area (Å²) in [7, 11) is 1.64. The molecule has 0 N–H and O–H groups in total. The number of methoxy groups -OCH3 is 1. The monoisotopic (exact) mass is 335 g/mol. The van der Waals surface area contributed by atoms with Crippen molar-refractivity contribution in [1.29, 1.82) is 0 Å². The highest BCUT2D eigenvalue weighted by atomic mass is 79.9. The molecule has 1 aromatic heterocycles. The number of halogens is 1. The maximum Gasteiger partial charge on any atom is 0.207 e. The Kier molecular flexibility index (Phi) is 3.40. The summed E-state index contributed by atoms with van der Waals surface area (Å²) in [6.07, 6.45) is 0. The van der Waals surface area contributed by atoms with Crippen LogP contribution in [0, 0.1) is 0 Å². The smallest absolute Gasteiger partial charge is 0.207 e. The van der Waals surface area contributed by atoms with Crippen LogP contribution in [0.15, 0.2) is 46.9 Å². The molecule has 0 aliphatic carbocycles. The number of hydrogen-bond acceptors (Lipinski definition) is 4. The molecule has 5 heteroatoms. The third kappa shape index (κ3) is 2.43. The second-order valence-corrected chi connectivity index (χ2v) is 5.48. The van der Waals surface area contributed by atoms with E-state index in [1.54, 1.807) is 7.11 Å². The Morgan fingerprint density at radius 1 is 1.16 bits per heavy atom. The molecule has 96 valence electrons. The molecule has 3 aromatic rings. The molecule has 0 radical (unpaired) electrons. The summed E-state index contributed by atoms with van der Waals surface area (Å²) >= 11 is 4.83. The van der Waals surface area contributed by atoms with Crippen molar-refractivity contribution in [2.24, 2.45) is 0 Å². The lowest BCUT2D eigenvalue weighted by atomic mass is 10.2. The van der Waals surface area contributed by atoms with Gasteiger partial charge in [-0.2, -0.15) is 4.37 Å². The Hall–Kier alpha value is -1.59. The first kappa shape index (κ1) is 12.4. The van der Waals surface area contributed by atoms with Crippen LogP contribution in [0.1, 0.15) is 0 Å². The van der Waals surface area contributed by atoms with E-state index in [0.717, 1.165) is 31.9 Å². The molecule has 3 nitrogen and oxygen atoms in total. The van der Waals surface area contributed by atoms with Gasteiger partial charge in [0.05, 0.1) is 22.5 Å². The van der Waals surface area contributed by atoms with Crippen molar-refractivity contribution < 1.29 is 9.47 Å². The summed E-state index contributed by atoms with van der Waals surface area (Å²) in [5.41, 5.74) is 0.951. The van der Waals surface area contributed by atoms with Crippen LogP contribution in [0.4, 0.5) is 0 Å². The largest absolute Gasteiger partial charge is 0.497 e. The second-order valence-electron chi connectivity index (χ2n) is 3.89. The zero-order valence-corrected chi connectivity index (χ0v) is 12.5. The van der Waals surface area contributed by atoms with E-state index in [4.69, 9.17) is 9.47 Å². The van der Waals surface area contributed by atoms with Crippen molar-refractivity contribution in [3.63, 3.8) is 0 Å². The van der Waals surface area contributed by atoms with Gasteiger partial charge >= 0.3 is 0 Å². The second kappa shape index (κ2) is 5.19. The topological polar surface area (TPSA) is 31.4 Å². The van der Waals surface area contributed by atoms with Crippen LogP contribution >= 0.6 is 27.5 Å². The van der Waals surface area contributed by atoms with E-state index in [-0.39, 0.29) is 0 Å². The Labute approximate surface area is 123 Å². The minimum Gasteiger partial charge on any atom is -0.497 e. The molecule has 0 atom stereocenters. The van der Waals surface area contributed by atoms with E-state index >= 15 is 0 Å². The third-order valence-corrected chi connectivity index (χ3v) is 4.07. The average molecular weight is 336 g/mol. The minimum atomic E-state index is 0.746. The molecule has 0 saturated heterocycles. The van der Waals surface area contributed by atoms with Crippen molar-refractivity contribution in [1.82, 2.24) is 4.37 Å². The Morgan fingerprint density at radius 2 is 2.00 bits per heavy atom. The number of nitrogens with zero attached hydrogens (tertiary/aromatic N) is 1. The number of hydrogen-bond donors (Lipinski definition) is 0. The summed E-state index contributed by atoms with van der Waals surface area (Å²) in [6.45, 7) is 0. The van der Waals surface area contributed by atoms with Crippen molar-refractivity contribution in [3.05, 3.63) is 46.9 Å². The molecule has 0 amide bonds. The summed E-state index contributed by atoms with van der Waals surface area (Å²) in [4.78, 5) is 0. The van der Waals surface area contributed by atoms with Crippen LogP contribution in [0.5, 0.6) is 16.6 Å². The first-order valence-electron chi connectivity index (χ1n) is 5.64. The van der Waals surface area contributed by atoms with Gasteiger partial charge in [-0.15, -0.1) is 0 Å². The summed E-state index contributed by atoms with van der Waals surface area (Å²) < 4.78 is 16.3. The molecule has 19 heavy (non-hydrogen) atoms. The maximum absolute atomic E-state index is 5.92. The Morgan fingerprint density at radius 3 is 2.79 bits per heavy atom. The molecule has 0 aliphatic rings. The highest BCUT2D eigenvalue weighted by molar-refractivity contribution is 9.10. The first-order chi connectivity index (χ1) is 9.28. The van der Waals surface area contributed by atoms with Gasteiger partial charge in [0.15, 0.2) is 0 Å². The van der Waals surface area contributed by atoms with E-state index in [9.17, 15) is 0 Å². The first-order valence-corrected chi connectivity index (χ1v) is 7.20. The third-order valence-electron chi connectivity index (χ3n) is 2.69. The van der Waals surface area contributed by atoms with Gasteiger partial charge in [0, 0.05) is 11.5 Å². The number of benzene rings is 2. The van der Waals surface area contributed by atoms with E-state index in [2.05, 4.69) is 20.3 Å². The van der Waals surface area contributed by atoms with Crippen LogP contribution < -0.4 is 9.47 Å². The fourth-order valence-corrected chi connectivity index (χ4v) is 2.91. The van der Waals surface area contributed by atoms with Gasteiger partial charge in [0.1, 0.15) is 11.5 Å². The van der Waals surface area contributed by atoms with Crippen LogP contribution in [0.2, 0.25) is 0 Å². The van der Waals surface area contributed by atoms with E-state index in [1.165, 1.54) is 11.5 Å². The van der Waals surface area contributed by atoms with Crippen molar-refractivity contribution in [2.75, 3.05) is 7.11 Å². The van der Waals surface area contributed by atoms with Gasteiger partial charge in [-0.3, -0.25) is 0 Å². The molecule has 0 spiro atoms. The highest BCUT2D eigenvalue weighted by Crippen LogP contribution is 2.37. The van der Waals surface area contributed by atoms with Crippen molar-refractivity contribution in [2.45, 2.75) is 0 Å². The van der Waals surface area contributed by atoms with Crippen LogP contribution in [0.25, 0.3) is 10.9 Å². The molecule has 0 aliphatic heterocycles. The lowest BCUT2D eigenvalue weighted by Gasteiger charge is -2.07. The number of ether oxygens (including phenoxy) is 2. The van der Waals surface area contributed by atoms with Crippen LogP contribution in [-0.4, -0.2) is 11.5 Å².